The second-order valence-corrected chi connectivity index (χ2v) is 5.88. The number of nitrogens with one attached hydrogen (secondary N) is 1. The number of carbonyl (C=O) groups excluding carboxylic acids is 2. The lowest BCUT2D eigenvalue weighted by molar-refractivity contribution is -0.121. The molecule has 1 N–H and O–H groups in total. The number of ketones is 1. The molecule has 0 saturated heterocycles. The van der Waals surface area contributed by atoms with Crippen LogP contribution in [0.5, 0.6) is 5.75 Å². The summed E-state index contributed by atoms with van der Waals surface area (Å²) in [6.45, 7) is 2.44. The van der Waals surface area contributed by atoms with Crippen molar-refractivity contribution < 1.29 is 14.3 Å². The molecule has 5 heteroatoms. The van der Waals surface area contributed by atoms with E-state index in [4.69, 9.17) is 16.3 Å². The highest BCUT2D eigenvalue weighted by atomic mass is 35.5. The summed E-state index contributed by atoms with van der Waals surface area (Å²) >= 11 is 5.90. The third kappa shape index (κ3) is 6.05. The average Bonchev–Trinajstić information content (AvgIpc) is 2.57. The van der Waals surface area contributed by atoms with Crippen LogP contribution in [0.1, 0.15) is 35.7 Å². The fraction of sp³-hybridized carbons (Fsp3) is 0.263. The predicted octanol–water partition coefficient (Wildman–Crippen LogP) is 4.02. The van der Waals surface area contributed by atoms with E-state index in [2.05, 4.69) is 5.32 Å². The molecule has 0 atom stereocenters. The van der Waals surface area contributed by atoms with Crippen LogP contribution in [0, 0.1) is 0 Å². The molecule has 0 saturated carbocycles. The summed E-state index contributed by atoms with van der Waals surface area (Å²) in [5.41, 5.74) is 1.63. The minimum Gasteiger partial charge on any atom is -0.494 e. The molecule has 2 aromatic carbocycles. The molecule has 0 fully saturated rings. The quantitative estimate of drug-likeness (QED) is 0.580. The summed E-state index contributed by atoms with van der Waals surface area (Å²) in [5, 5.41) is 3.51. The Morgan fingerprint density at radius 2 is 1.88 bits per heavy atom. The van der Waals surface area contributed by atoms with Crippen molar-refractivity contribution in [1.29, 1.82) is 0 Å². The minimum absolute atomic E-state index is 0.0227. The first-order valence-corrected chi connectivity index (χ1v) is 8.17. The van der Waals surface area contributed by atoms with Crippen LogP contribution in [0.2, 0.25) is 5.02 Å². The van der Waals surface area contributed by atoms with E-state index in [-0.39, 0.29) is 11.7 Å². The lowest BCUT2D eigenvalue weighted by Gasteiger charge is -2.08. The third-order valence-electron chi connectivity index (χ3n) is 3.46. The Hall–Kier alpha value is -2.33. The molecule has 24 heavy (non-hydrogen) atoms. The van der Waals surface area contributed by atoms with Crippen LogP contribution in [0.15, 0.2) is 48.5 Å². The molecule has 2 rings (SSSR count). The van der Waals surface area contributed by atoms with E-state index in [1.165, 1.54) is 6.92 Å². The van der Waals surface area contributed by atoms with Gasteiger partial charge in [-0.25, -0.2) is 0 Å². The topological polar surface area (TPSA) is 55.4 Å². The Labute approximate surface area is 146 Å². The molecule has 0 unspecified atom stereocenters. The van der Waals surface area contributed by atoms with Gasteiger partial charge in [0.05, 0.1) is 6.61 Å². The molecular weight excluding hydrogens is 326 g/mol. The van der Waals surface area contributed by atoms with Crippen molar-refractivity contribution in [2.45, 2.75) is 26.3 Å². The van der Waals surface area contributed by atoms with Crippen LogP contribution >= 0.6 is 11.6 Å². The van der Waals surface area contributed by atoms with Gasteiger partial charge in [0, 0.05) is 23.6 Å². The van der Waals surface area contributed by atoms with Crippen molar-refractivity contribution in [2.75, 3.05) is 6.61 Å². The minimum atomic E-state index is -0.0227. The number of benzene rings is 2. The molecule has 0 radical (unpaired) electrons. The molecule has 0 aliphatic carbocycles. The largest absolute Gasteiger partial charge is 0.494 e. The van der Waals surface area contributed by atoms with Crippen LogP contribution in [0.4, 0.5) is 0 Å². The Bertz CT molecular complexity index is 698. The number of rotatable bonds is 8. The van der Waals surface area contributed by atoms with E-state index in [0.29, 0.717) is 42.3 Å². The standard InChI is InChI=1S/C19H20ClNO3/c1-14(22)16-7-9-18(10-8-16)24-11-3-6-19(23)21-13-15-4-2-5-17(20)12-15/h2,4-5,7-10,12H,3,6,11,13H2,1H3,(H,21,23). The van der Waals surface area contributed by atoms with Gasteiger partial charge in [-0.05, 0) is 55.3 Å². The van der Waals surface area contributed by atoms with Crippen LogP contribution in [0.25, 0.3) is 0 Å². The highest BCUT2D eigenvalue weighted by Crippen LogP contribution is 2.13. The summed E-state index contributed by atoms with van der Waals surface area (Å²) in [6.07, 6.45) is 1.02. The van der Waals surface area contributed by atoms with E-state index in [1.807, 2.05) is 18.2 Å². The van der Waals surface area contributed by atoms with Gasteiger partial charge in [0.15, 0.2) is 5.78 Å². The highest BCUT2D eigenvalue weighted by molar-refractivity contribution is 6.30. The molecule has 2 aromatic rings. The lowest BCUT2D eigenvalue weighted by atomic mass is 10.1. The molecule has 126 valence electrons. The van der Waals surface area contributed by atoms with Crippen LogP contribution < -0.4 is 10.1 Å². The Balaban J connectivity index is 1.64. The normalized spacial score (nSPS) is 10.2. The maximum Gasteiger partial charge on any atom is 0.220 e. The number of carbonyl (C=O) groups is 2. The molecule has 0 aliphatic heterocycles. The number of amides is 1. The second kappa shape index (κ2) is 9.08. The van der Waals surface area contributed by atoms with Crippen molar-refractivity contribution in [3.63, 3.8) is 0 Å². The van der Waals surface area contributed by atoms with E-state index in [0.717, 1.165) is 5.56 Å². The molecule has 1 amide bonds. The van der Waals surface area contributed by atoms with Crippen molar-refractivity contribution in [3.8, 4) is 5.75 Å². The summed E-state index contributed by atoms with van der Waals surface area (Å²) in [7, 11) is 0. The van der Waals surface area contributed by atoms with Crippen LogP contribution in [-0.2, 0) is 11.3 Å². The number of halogens is 1. The second-order valence-electron chi connectivity index (χ2n) is 5.44. The Kier molecular flexibility index (Phi) is 6.82. The number of Topliss-reactive ketones (excluding diaryl/α,β-unsaturated/α-hetero) is 1. The van der Waals surface area contributed by atoms with Crippen molar-refractivity contribution in [2.24, 2.45) is 0 Å². The average molecular weight is 346 g/mol. The summed E-state index contributed by atoms with van der Waals surface area (Å²) in [6, 6.07) is 14.4. The van der Waals surface area contributed by atoms with Gasteiger partial charge in [0.25, 0.3) is 0 Å². The van der Waals surface area contributed by atoms with Gasteiger partial charge in [-0.2, -0.15) is 0 Å². The fourth-order valence-electron chi connectivity index (χ4n) is 2.14. The van der Waals surface area contributed by atoms with Gasteiger partial charge in [-0.1, -0.05) is 23.7 Å². The van der Waals surface area contributed by atoms with Gasteiger partial charge >= 0.3 is 0 Å². The molecule has 0 aliphatic rings. The zero-order valence-electron chi connectivity index (χ0n) is 13.5. The van der Waals surface area contributed by atoms with Crippen LogP contribution in [-0.4, -0.2) is 18.3 Å². The van der Waals surface area contributed by atoms with Crippen molar-refractivity contribution >= 4 is 23.3 Å². The molecule has 0 spiro atoms. The first kappa shape index (κ1) is 18.0. The first-order chi connectivity index (χ1) is 11.5. The van der Waals surface area contributed by atoms with E-state index in [9.17, 15) is 9.59 Å². The van der Waals surface area contributed by atoms with Gasteiger partial charge < -0.3 is 10.1 Å². The summed E-state index contributed by atoms with van der Waals surface area (Å²) < 4.78 is 5.56. The SMILES string of the molecule is CC(=O)c1ccc(OCCCC(=O)NCc2cccc(Cl)c2)cc1. The van der Waals surface area contributed by atoms with Gasteiger partial charge in [-0.15, -0.1) is 0 Å². The van der Waals surface area contributed by atoms with Gasteiger partial charge in [0.1, 0.15) is 5.75 Å². The Morgan fingerprint density at radius 1 is 1.12 bits per heavy atom. The third-order valence-corrected chi connectivity index (χ3v) is 3.69. The molecule has 4 nitrogen and oxygen atoms in total. The smallest absolute Gasteiger partial charge is 0.220 e. The van der Waals surface area contributed by atoms with Crippen molar-refractivity contribution in [1.82, 2.24) is 5.32 Å². The highest BCUT2D eigenvalue weighted by Gasteiger charge is 2.03. The molecule has 0 heterocycles. The monoisotopic (exact) mass is 345 g/mol. The fourth-order valence-corrected chi connectivity index (χ4v) is 2.36. The Morgan fingerprint density at radius 3 is 2.54 bits per heavy atom. The zero-order valence-corrected chi connectivity index (χ0v) is 14.3. The number of hydrogen-bond acceptors (Lipinski definition) is 3. The maximum absolute atomic E-state index is 11.8. The van der Waals surface area contributed by atoms with Gasteiger partial charge in [0.2, 0.25) is 5.91 Å². The first-order valence-electron chi connectivity index (χ1n) is 7.79. The van der Waals surface area contributed by atoms with Crippen LogP contribution in [0.3, 0.4) is 0 Å². The lowest BCUT2D eigenvalue weighted by Crippen LogP contribution is -2.22. The molecule has 0 aromatic heterocycles. The number of hydrogen-bond donors (Lipinski definition) is 1. The van der Waals surface area contributed by atoms with E-state index >= 15 is 0 Å². The molecular formula is C19H20ClNO3. The predicted molar refractivity (Wildman–Crippen MR) is 94.5 cm³/mol. The van der Waals surface area contributed by atoms with E-state index < -0.39 is 0 Å². The molecule has 0 bridgehead atoms. The summed E-state index contributed by atoms with van der Waals surface area (Å²) in [4.78, 5) is 23.0. The van der Waals surface area contributed by atoms with Gasteiger partial charge in [-0.3, -0.25) is 9.59 Å². The van der Waals surface area contributed by atoms with Crippen molar-refractivity contribution in [3.05, 3.63) is 64.7 Å². The summed E-state index contributed by atoms with van der Waals surface area (Å²) in [5.74, 6) is 0.697. The van der Waals surface area contributed by atoms with E-state index in [1.54, 1.807) is 30.3 Å². The zero-order chi connectivity index (χ0) is 17.4. The maximum atomic E-state index is 11.8. The number of ether oxygens (including phenoxy) is 1.